The average molecular weight is 283 g/mol. The van der Waals surface area contributed by atoms with Crippen molar-refractivity contribution in [3.8, 4) is 0 Å². The van der Waals surface area contributed by atoms with Gasteiger partial charge in [0.25, 0.3) is 11.8 Å². The van der Waals surface area contributed by atoms with Crippen molar-refractivity contribution in [1.82, 2.24) is 0 Å². The zero-order valence-corrected chi connectivity index (χ0v) is 11.6. The Bertz CT molecular complexity index is 912. The van der Waals surface area contributed by atoms with Crippen LogP contribution in [0, 0.1) is 0 Å². The van der Waals surface area contributed by atoms with E-state index in [0.717, 1.165) is 5.39 Å². The van der Waals surface area contributed by atoms with Gasteiger partial charge in [-0.15, -0.1) is 0 Å². The van der Waals surface area contributed by atoms with Crippen LogP contribution >= 0.6 is 0 Å². The zero-order valence-electron chi connectivity index (χ0n) is 11.6. The van der Waals surface area contributed by atoms with Gasteiger partial charge < -0.3 is 0 Å². The number of nitrogens with zero attached hydrogens (tertiary/aromatic N) is 1. The standard InChI is InChI=1S/C18H10BNO2/c19-15-10-9-14-16-12(15)7-4-8-13(16)17(21)20(18(14)22)11-5-2-1-3-6-11/h1-10H. The SMILES string of the molecule is [B]c1ccc2c3c(cccc13)C(=O)N(c1ccccc1)C2=O. The summed E-state index contributed by atoms with van der Waals surface area (Å²) < 4.78 is 0. The van der Waals surface area contributed by atoms with Gasteiger partial charge >= 0.3 is 0 Å². The summed E-state index contributed by atoms with van der Waals surface area (Å²) >= 11 is 0. The summed E-state index contributed by atoms with van der Waals surface area (Å²) in [6, 6.07) is 17.7. The molecule has 0 saturated heterocycles. The van der Waals surface area contributed by atoms with Gasteiger partial charge in [0.15, 0.2) is 0 Å². The second-order valence-electron chi connectivity index (χ2n) is 5.21. The molecule has 0 aliphatic carbocycles. The number of carbonyl (C=O) groups excluding carboxylic acids is 2. The molecule has 0 atom stereocenters. The van der Waals surface area contributed by atoms with E-state index in [9.17, 15) is 9.59 Å². The van der Waals surface area contributed by atoms with Crippen molar-refractivity contribution in [3.05, 3.63) is 71.8 Å². The molecule has 1 heterocycles. The van der Waals surface area contributed by atoms with Gasteiger partial charge in [-0.1, -0.05) is 41.9 Å². The van der Waals surface area contributed by atoms with Crippen LogP contribution in [0.5, 0.6) is 0 Å². The van der Waals surface area contributed by atoms with Crippen LogP contribution in [0.25, 0.3) is 10.8 Å². The molecule has 1 aliphatic heterocycles. The quantitative estimate of drug-likeness (QED) is 0.508. The van der Waals surface area contributed by atoms with Crippen LogP contribution < -0.4 is 10.4 Å². The van der Waals surface area contributed by atoms with Gasteiger partial charge in [0.2, 0.25) is 0 Å². The van der Waals surface area contributed by atoms with E-state index in [4.69, 9.17) is 7.85 Å². The summed E-state index contributed by atoms with van der Waals surface area (Å²) in [7, 11) is 5.97. The molecule has 4 heteroatoms. The molecule has 1 aliphatic rings. The topological polar surface area (TPSA) is 37.4 Å². The first kappa shape index (κ1) is 12.8. The number of amides is 2. The van der Waals surface area contributed by atoms with Crippen LogP contribution in [0.15, 0.2) is 60.7 Å². The molecule has 3 aromatic rings. The lowest BCUT2D eigenvalue weighted by Gasteiger charge is -2.27. The van der Waals surface area contributed by atoms with E-state index in [1.165, 1.54) is 4.90 Å². The second-order valence-corrected chi connectivity index (χ2v) is 5.21. The first-order valence-electron chi connectivity index (χ1n) is 6.93. The van der Waals surface area contributed by atoms with Crippen LogP contribution in [0.1, 0.15) is 20.7 Å². The Labute approximate surface area is 128 Å². The third-order valence-electron chi connectivity index (χ3n) is 3.96. The molecule has 3 nitrogen and oxygen atoms in total. The Morgan fingerprint density at radius 3 is 2.14 bits per heavy atom. The lowest BCUT2D eigenvalue weighted by Crippen LogP contribution is -2.40. The molecule has 0 spiro atoms. The molecule has 2 radical (unpaired) electrons. The fraction of sp³-hybridized carbons (Fsp3) is 0. The van der Waals surface area contributed by atoms with Gasteiger partial charge in [-0.2, -0.15) is 0 Å². The summed E-state index contributed by atoms with van der Waals surface area (Å²) in [4.78, 5) is 26.8. The van der Waals surface area contributed by atoms with E-state index >= 15 is 0 Å². The number of benzene rings is 3. The van der Waals surface area contributed by atoms with Crippen LogP contribution in [0.4, 0.5) is 5.69 Å². The Kier molecular flexibility index (Phi) is 2.66. The molecule has 0 aromatic heterocycles. The highest BCUT2D eigenvalue weighted by molar-refractivity contribution is 6.43. The number of carbonyl (C=O) groups is 2. The van der Waals surface area contributed by atoms with Gasteiger partial charge in [-0.3, -0.25) is 9.59 Å². The van der Waals surface area contributed by atoms with Crippen molar-refractivity contribution >= 4 is 41.6 Å². The molecule has 0 bridgehead atoms. The minimum atomic E-state index is -0.320. The van der Waals surface area contributed by atoms with Crippen molar-refractivity contribution in [2.24, 2.45) is 0 Å². The number of hydrogen-bond acceptors (Lipinski definition) is 2. The third-order valence-corrected chi connectivity index (χ3v) is 3.96. The predicted octanol–water partition coefficient (Wildman–Crippen LogP) is 2.43. The fourth-order valence-corrected chi connectivity index (χ4v) is 2.93. The smallest absolute Gasteiger partial charge is 0.265 e. The first-order chi connectivity index (χ1) is 10.7. The highest BCUT2D eigenvalue weighted by Gasteiger charge is 2.33. The lowest BCUT2D eigenvalue weighted by molar-refractivity contribution is 0.0893. The molecule has 0 fully saturated rings. The van der Waals surface area contributed by atoms with Crippen molar-refractivity contribution in [2.75, 3.05) is 4.90 Å². The van der Waals surface area contributed by atoms with E-state index in [0.29, 0.717) is 27.7 Å². The monoisotopic (exact) mass is 283 g/mol. The summed E-state index contributed by atoms with van der Waals surface area (Å²) in [5.74, 6) is -0.639. The van der Waals surface area contributed by atoms with Crippen LogP contribution in [-0.2, 0) is 0 Å². The summed E-state index contributed by atoms with van der Waals surface area (Å²) in [6.45, 7) is 0. The predicted molar refractivity (Wildman–Crippen MR) is 86.9 cm³/mol. The first-order valence-corrected chi connectivity index (χ1v) is 6.93. The number of anilines is 1. The Morgan fingerprint density at radius 1 is 0.727 bits per heavy atom. The fourth-order valence-electron chi connectivity index (χ4n) is 2.93. The number of imide groups is 1. The molecule has 0 saturated carbocycles. The summed E-state index contributed by atoms with van der Waals surface area (Å²) in [6.07, 6.45) is 0. The van der Waals surface area contributed by atoms with Gasteiger partial charge in [0.05, 0.1) is 5.69 Å². The molecule has 3 aromatic carbocycles. The minimum Gasteiger partial charge on any atom is -0.268 e. The third kappa shape index (κ3) is 1.64. The maximum Gasteiger partial charge on any atom is 0.265 e. The Hall–Kier alpha value is -2.88. The van der Waals surface area contributed by atoms with Crippen LogP contribution in [0.2, 0.25) is 0 Å². The minimum absolute atomic E-state index is 0.320. The van der Waals surface area contributed by atoms with Crippen molar-refractivity contribution in [3.63, 3.8) is 0 Å². The van der Waals surface area contributed by atoms with E-state index in [1.54, 1.807) is 48.5 Å². The Morgan fingerprint density at radius 2 is 1.41 bits per heavy atom. The number of rotatable bonds is 1. The molecule has 22 heavy (non-hydrogen) atoms. The van der Waals surface area contributed by atoms with Crippen molar-refractivity contribution in [1.29, 1.82) is 0 Å². The van der Waals surface area contributed by atoms with Gasteiger partial charge in [0, 0.05) is 16.5 Å². The highest BCUT2D eigenvalue weighted by atomic mass is 16.2. The Balaban J connectivity index is 2.03. The molecular formula is C18H10BNO2. The molecule has 4 rings (SSSR count). The van der Waals surface area contributed by atoms with E-state index in [1.807, 2.05) is 12.1 Å². The summed E-state index contributed by atoms with van der Waals surface area (Å²) in [5, 5.41) is 1.38. The molecule has 0 N–H and O–H groups in total. The summed E-state index contributed by atoms with van der Waals surface area (Å²) in [5.41, 5.74) is 2.14. The normalized spacial score (nSPS) is 13.7. The maximum atomic E-state index is 12.8. The van der Waals surface area contributed by atoms with Gasteiger partial charge in [0.1, 0.15) is 7.85 Å². The lowest BCUT2D eigenvalue weighted by atomic mass is 9.84. The molecule has 0 unspecified atom stereocenters. The van der Waals surface area contributed by atoms with Gasteiger partial charge in [-0.05, 0) is 29.7 Å². The van der Waals surface area contributed by atoms with Crippen LogP contribution in [-0.4, -0.2) is 19.7 Å². The van der Waals surface area contributed by atoms with Gasteiger partial charge in [-0.25, -0.2) is 4.90 Å². The van der Waals surface area contributed by atoms with E-state index < -0.39 is 0 Å². The van der Waals surface area contributed by atoms with E-state index in [-0.39, 0.29) is 11.8 Å². The van der Waals surface area contributed by atoms with Crippen LogP contribution in [0.3, 0.4) is 0 Å². The second kappa shape index (κ2) is 4.56. The number of para-hydroxylation sites is 1. The molecule has 102 valence electrons. The highest BCUT2D eigenvalue weighted by Crippen LogP contribution is 2.31. The van der Waals surface area contributed by atoms with Crippen molar-refractivity contribution in [2.45, 2.75) is 0 Å². The largest absolute Gasteiger partial charge is 0.268 e. The van der Waals surface area contributed by atoms with E-state index in [2.05, 4.69) is 0 Å². The molecule has 2 amide bonds. The number of hydrogen-bond donors (Lipinski definition) is 0. The molecular weight excluding hydrogens is 273 g/mol. The zero-order chi connectivity index (χ0) is 15.3. The average Bonchev–Trinajstić information content (AvgIpc) is 2.55. The maximum absolute atomic E-state index is 12.8. The van der Waals surface area contributed by atoms with Crippen molar-refractivity contribution < 1.29 is 9.59 Å².